The largest absolute Gasteiger partial charge is 0.495 e. The van der Waals surface area contributed by atoms with Crippen molar-refractivity contribution in [2.24, 2.45) is 5.92 Å². The van der Waals surface area contributed by atoms with Gasteiger partial charge in [0.1, 0.15) is 17.3 Å². The van der Waals surface area contributed by atoms with Crippen LogP contribution in [-0.2, 0) is 25.7 Å². The normalized spacial score (nSPS) is 16.4. The second-order valence-electron chi connectivity index (χ2n) is 13.1. The summed E-state index contributed by atoms with van der Waals surface area (Å²) < 4.78 is 10.7. The molecule has 6 amide bonds. The molecule has 1 aliphatic heterocycles. The predicted octanol–water partition coefficient (Wildman–Crippen LogP) is 5.56. The Morgan fingerprint density at radius 2 is 1.76 bits per heavy atom. The number of methoxy groups -OCH3 is 1. The summed E-state index contributed by atoms with van der Waals surface area (Å²) in [5.74, 6) is -0.966. The lowest BCUT2D eigenvalue weighted by Crippen LogP contribution is -2.51. The third-order valence-corrected chi connectivity index (χ3v) is 9.05. The fourth-order valence-electron chi connectivity index (χ4n) is 6.00. The number of rotatable bonds is 14. The zero-order valence-corrected chi connectivity index (χ0v) is 29.0. The first-order valence-electron chi connectivity index (χ1n) is 16.7. The summed E-state index contributed by atoms with van der Waals surface area (Å²) in [6.45, 7) is 7.13. The SMILES string of the molecule is CCOC(=O)CC(NC(=O)C(CC1CC1)N1C(=O)N(Cc2ccc(NC(=O)Nc3ccccc3C)c(OC)c2)C(C)(C)C1=O)c1cccnc1. The number of benzene rings is 2. The summed E-state index contributed by atoms with van der Waals surface area (Å²) in [4.78, 5) is 74.0. The molecule has 2 unspecified atom stereocenters. The smallest absolute Gasteiger partial charge is 0.328 e. The molecular weight excluding hydrogens is 640 g/mol. The van der Waals surface area contributed by atoms with Crippen molar-refractivity contribution in [2.75, 3.05) is 24.4 Å². The van der Waals surface area contributed by atoms with Gasteiger partial charge < -0.3 is 30.3 Å². The second kappa shape index (κ2) is 15.4. The van der Waals surface area contributed by atoms with E-state index in [-0.39, 0.29) is 25.5 Å². The molecule has 2 fully saturated rings. The van der Waals surface area contributed by atoms with Crippen LogP contribution in [0.3, 0.4) is 0 Å². The summed E-state index contributed by atoms with van der Waals surface area (Å²) in [5.41, 5.74) is 1.97. The van der Waals surface area contributed by atoms with E-state index in [0.29, 0.717) is 34.7 Å². The predicted molar refractivity (Wildman–Crippen MR) is 186 cm³/mol. The van der Waals surface area contributed by atoms with E-state index in [1.165, 1.54) is 12.0 Å². The third-order valence-electron chi connectivity index (χ3n) is 9.05. The number of aryl methyl sites for hydroxylation is 1. The van der Waals surface area contributed by atoms with Crippen LogP contribution in [0.1, 0.15) is 69.2 Å². The molecule has 13 nitrogen and oxygen atoms in total. The topological polar surface area (TPSA) is 159 Å². The summed E-state index contributed by atoms with van der Waals surface area (Å²) in [5, 5.41) is 8.54. The quantitative estimate of drug-likeness (QED) is 0.147. The first kappa shape index (κ1) is 35.8. The highest BCUT2D eigenvalue weighted by molar-refractivity contribution is 6.09. The zero-order valence-electron chi connectivity index (χ0n) is 29.0. The summed E-state index contributed by atoms with van der Waals surface area (Å²) in [7, 11) is 1.47. The van der Waals surface area contributed by atoms with Crippen molar-refractivity contribution < 1.29 is 33.4 Å². The number of carbonyl (C=O) groups is 5. The van der Waals surface area contributed by atoms with Crippen molar-refractivity contribution in [3.63, 3.8) is 0 Å². The maximum absolute atomic E-state index is 14.1. The summed E-state index contributed by atoms with van der Waals surface area (Å²) >= 11 is 0. The Balaban J connectivity index is 1.34. The molecule has 1 aliphatic carbocycles. The van der Waals surface area contributed by atoms with Gasteiger partial charge in [-0.25, -0.2) is 14.5 Å². The first-order valence-corrected chi connectivity index (χ1v) is 16.7. The number of esters is 1. The average molecular weight is 685 g/mol. The van der Waals surface area contributed by atoms with Crippen LogP contribution in [0, 0.1) is 12.8 Å². The number of nitrogens with one attached hydrogen (secondary N) is 3. The summed E-state index contributed by atoms with van der Waals surface area (Å²) in [6, 6.07) is 13.1. The van der Waals surface area contributed by atoms with Gasteiger partial charge in [0.25, 0.3) is 5.91 Å². The lowest BCUT2D eigenvalue weighted by Gasteiger charge is -2.28. The van der Waals surface area contributed by atoms with Crippen molar-refractivity contribution in [2.45, 2.75) is 77.5 Å². The van der Waals surface area contributed by atoms with Crippen LogP contribution >= 0.6 is 0 Å². The molecule has 2 atom stereocenters. The molecule has 1 saturated heterocycles. The molecule has 2 aliphatic rings. The Morgan fingerprint density at radius 1 is 1.02 bits per heavy atom. The molecular formula is C37H44N6O7. The summed E-state index contributed by atoms with van der Waals surface area (Å²) in [6.07, 6.45) is 5.11. The molecule has 264 valence electrons. The van der Waals surface area contributed by atoms with E-state index in [2.05, 4.69) is 20.9 Å². The van der Waals surface area contributed by atoms with E-state index in [0.717, 1.165) is 23.3 Å². The lowest BCUT2D eigenvalue weighted by atomic mass is 10.0. The number of pyridine rings is 1. The van der Waals surface area contributed by atoms with Gasteiger partial charge in [-0.1, -0.05) is 43.2 Å². The average Bonchev–Trinajstić information content (AvgIpc) is 3.90. The minimum Gasteiger partial charge on any atom is -0.495 e. The van der Waals surface area contributed by atoms with Crippen LogP contribution in [0.5, 0.6) is 5.75 Å². The molecule has 1 saturated carbocycles. The Kier molecular flexibility index (Phi) is 11.0. The first-order chi connectivity index (χ1) is 23.9. The highest BCUT2D eigenvalue weighted by atomic mass is 16.5. The highest BCUT2D eigenvalue weighted by Gasteiger charge is 2.55. The van der Waals surface area contributed by atoms with Crippen LogP contribution in [0.15, 0.2) is 67.0 Å². The second-order valence-corrected chi connectivity index (χ2v) is 13.1. The van der Waals surface area contributed by atoms with Crippen LogP contribution in [0.4, 0.5) is 21.0 Å². The lowest BCUT2D eigenvalue weighted by molar-refractivity contribution is -0.144. The van der Waals surface area contributed by atoms with E-state index in [4.69, 9.17) is 9.47 Å². The van der Waals surface area contributed by atoms with Crippen LogP contribution in [-0.4, -0.2) is 69.9 Å². The molecule has 1 aromatic heterocycles. The van der Waals surface area contributed by atoms with Crippen molar-refractivity contribution in [1.29, 1.82) is 0 Å². The number of ether oxygens (including phenoxy) is 2. The van der Waals surface area contributed by atoms with Gasteiger partial charge >= 0.3 is 18.0 Å². The van der Waals surface area contributed by atoms with E-state index in [1.807, 2.05) is 25.1 Å². The van der Waals surface area contributed by atoms with E-state index >= 15 is 0 Å². The number of imide groups is 1. The standard InChI is InChI=1S/C37H44N6O7/c1-6-50-32(44)20-29(26-11-9-17-38-21-26)39-33(45)30(18-24-13-14-24)43-34(46)37(3,4)42(36(43)48)22-25-15-16-28(31(19-25)49-5)41-35(47)40-27-12-8-7-10-23(27)2/h7-12,15-17,19,21,24,29-30H,6,13-14,18,20,22H2,1-5H3,(H,39,45)(H2,40,41,47). The van der Waals surface area contributed by atoms with Crippen LogP contribution in [0.25, 0.3) is 0 Å². The van der Waals surface area contributed by atoms with Crippen molar-refractivity contribution in [3.8, 4) is 5.75 Å². The maximum Gasteiger partial charge on any atom is 0.328 e. The van der Waals surface area contributed by atoms with Gasteiger partial charge in [0.15, 0.2) is 0 Å². The molecule has 0 radical (unpaired) electrons. The van der Waals surface area contributed by atoms with E-state index in [1.54, 1.807) is 69.6 Å². The van der Waals surface area contributed by atoms with Gasteiger partial charge in [0.05, 0.1) is 31.9 Å². The minimum absolute atomic E-state index is 0.0407. The molecule has 50 heavy (non-hydrogen) atoms. The van der Waals surface area contributed by atoms with Gasteiger partial charge in [-0.3, -0.25) is 19.4 Å². The monoisotopic (exact) mass is 684 g/mol. The Hall–Kier alpha value is -5.46. The Labute approximate surface area is 291 Å². The Morgan fingerprint density at radius 3 is 2.42 bits per heavy atom. The maximum atomic E-state index is 14.1. The molecule has 3 N–H and O–H groups in total. The number of amides is 6. The van der Waals surface area contributed by atoms with Gasteiger partial charge in [-0.05, 0) is 81.0 Å². The molecule has 5 rings (SSSR count). The van der Waals surface area contributed by atoms with Crippen LogP contribution < -0.4 is 20.7 Å². The fraction of sp³-hybridized carbons (Fsp3) is 0.405. The van der Waals surface area contributed by atoms with E-state index < -0.39 is 47.5 Å². The van der Waals surface area contributed by atoms with Crippen molar-refractivity contribution in [3.05, 3.63) is 83.7 Å². The van der Waals surface area contributed by atoms with E-state index in [9.17, 15) is 24.0 Å². The number of urea groups is 2. The number of carbonyl (C=O) groups excluding carboxylic acids is 5. The van der Waals surface area contributed by atoms with Crippen molar-refractivity contribution >= 4 is 41.2 Å². The highest BCUT2D eigenvalue weighted by Crippen LogP contribution is 2.39. The fourth-order valence-corrected chi connectivity index (χ4v) is 6.00. The number of para-hydroxylation sites is 1. The van der Waals surface area contributed by atoms with Gasteiger partial charge in [0, 0.05) is 24.6 Å². The number of hydrogen-bond donors (Lipinski definition) is 3. The van der Waals surface area contributed by atoms with Gasteiger partial charge in [-0.2, -0.15) is 0 Å². The third kappa shape index (κ3) is 8.21. The number of aromatic nitrogens is 1. The van der Waals surface area contributed by atoms with Gasteiger partial charge in [0.2, 0.25) is 5.91 Å². The van der Waals surface area contributed by atoms with Crippen molar-refractivity contribution in [1.82, 2.24) is 20.1 Å². The molecule has 3 aromatic rings. The Bertz CT molecular complexity index is 1740. The number of hydrogen-bond acceptors (Lipinski definition) is 8. The molecule has 2 heterocycles. The number of anilines is 2. The van der Waals surface area contributed by atoms with Gasteiger partial charge in [-0.15, -0.1) is 0 Å². The molecule has 0 spiro atoms. The van der Waals surface area contributed by atoms with Crippen LogP contribution in [0.2, 0.25) is 0 Å². The molecule has 0 bridgehead atoms. The molecule has 13 heteroatoms. The minimum atomic E-state index is -1.27. The molecule has 2 aromatic carbocycles. The zero-order chi connectivity index (χ0) is 36.0. The number of nitrogens with zero attached hydrogens (tertiary/aromatic N) is 3.